The van der Waals surface area contributed by atoms with Crippen molar-refractivity contribution < 1.29 is 0 Å². The summed E-state index contributed by atoms with van der Waals surface area (Å²) in [6.45, 7) is 0. The third kappa shape index (κ3) is 1.65. The third-order valence-corrected chi connectivity index (χ3v) is 4.64. The second-order valence-corrected chi connectivity index (χ2v) is 6.06. The molecule has 5 heteroatoms. The Morgan fingerprint density at radius 2 is 2.11 bits per heavy atom. The molecule has 0 atom stereocenters. The molecule has 4 rings (SSSR count). The molecule has 0 radical (unpaired) electrons. The summed E-state index contributed by atoms with van der Waals surface area (Å²) in [5.41, 5.74) is 9.40. The molecule has 2 N–H and O–H groups in total. The maximum absolute atomic E-state index is 6.19. The molecule has 0 saturated heterocycles. The molecule has 19 heavy (non-hydrogen) atoms. The molecule has 0 unspecified atom stereocenters. The van der Waals surface area contributed by atoms with Crippen LogP contribution in [0.3, 0.4) is 0 Å². The van der Waals surface area contributed by atoms with Crippen molar-refractivity contribution in [1.29, 1.82) is 0 Å². The predicted molar refractivity (Wildman–Crippen MR) is 78.2 cm³/mol. The number of nitrogens with zero attached hydrogens (tertiary/aromatic N) is 3. The standard InChI is InChI=1S/C14H14N4S/c1-18-13(15)11(12(17-18)8-6-7-8)14-16-9-4-2-3-5-10(9)19-14/h2-5,8H,6-7,15H2,1H3. The maximum Gasteiger partial charge on any atom is 0.132 e. The number of fused-ring (bicyclic) bond motifs is 1. The highest BCUT2D eigenvalue weighted by Crippen LogP contribution is 2.46. The molecule has 0 aliphatic heterocycles. The summed E-state index contributed by atoms with van der Waals surface area (Å²) in [5.74, 6) is 1.30. The molecule has 3 aromatic rings. The van der Waals surface area contributed by atoms with Gasteiger partial charge < -0.3 is 5.73 Å². The lowest BCUT2D eigenvalue weighted by Crippen LogP contribution is -1.97. The van der Waals surface area contributed by atoms with Crippen molar-refractivity contribution >= 4 is 27.4 Å². The van der Waals surface area contributed by atoms with Crippen molar-refractivity contribution in [3.8, 4) is 10.6 Å². The summed E-state index contributed by atoms with van der Waals surface area (Å²) >= 11 is 1.69. The zero-order valence-corrected chi connectivity index (χ0v) is 11.4. The highest BCUT2D eigenvalue weighted by Gasteiger charge is 2.32. The van der Waals surface area contributed by atoms with Crippen LogP contribution >= 0.6 is 11.3 Å². The SMILES string of the molecule is Cn1nc(C2CC2)c(-c2nc3ccccc3s2)c1N. The smallest absolute Gasteiger partial charge is 0.132 e. The number of aryl methyl sites for hydroxylation is 1. The minimum Gasteiger partial charge on any atom is -0.383 e. The second-order valence-electron chi connectivity index (χ2n) is 5.03. The summed E-state index contributed by atoms with van der Waals surface area (Å²) in [7, 11) is 1.90. The van der Waals surface area contributed by atoms with Crippen LogP contribution in [0.4, 0.5) is 5.82 Å². The zero-order chi connectivity index (χ0) is 13.0. The van der Waals surface area contributed by atoms with Gasteiger partial charge in [-0.3, -0.25) is 4.68 Å². The molecule has 96 valence electrons. The first-order valence-corrected chi connectivity index (χ1v) is 7.24. The maximum atomic E-state index is 6.19. The van der Waals surface area contributed by atoms with E-state index in [1.54, 1.807) is 16.0 Å². The number of thiazole rings is 1. The minimum atomic E-state index is 0.575. The molecule has 2 heterocycles. The Kier molecular flexibility index (Phi) is 2.20. The first-order valence-electron chi connectivity index (χ1n) is 6.42. The summed E-state index contributed by atoms with van der Waals surface area (Å²) in [6.07, 6.45) is 2.43. The van der Waals surface area contributed by atoms with Crippen LogP contribution in [0.5, 0.6) is 0 Å². The van der Waals surface area contributed by atoms with E-state index in [4.69, 9.17) is 10.7 Å². The summed E-state index contributed by atoms with van der Waals surface area (Å²) in [5, 5.41) is 5.57. The van der Waals surface area contributed by atoms with E-state index in [9.17, 15) is 0 Å². The Hall–Kier alpha value is -1.88. The third-order valence-electron chi connectivity index (χ3n) is 3.59. The van der Waals surface area contributed by atoms with Gasteiger partial charge in [-0.1, -0.05) is 12.1 Å². The number of hydrogen-bond acceptors (Lipinski definition) is 4. The Labute approximate surface area is 114 Å². The number of hydrogen-bond donors (Lipinski definition) is 1. The molecular weight excluding hydrogens is 256 g/mol. The van der Waals surface area contributed by atoms with Gasteiger partial charge in [-0.25, -0.2) is 4.98 Å². The van der Waals surface area contributed by atoms with Crippen LogP contribution in [0.15, 0.2) is 24.3 Å². The Bertz CT molecular complexity index is 734. The number of benzene rings is 1. The van der Waals surface area contributed by atoms with E-state index in [1.165, 1.54) is 17.5 Å². The molecule has 0 spiro atoms. The first-order chi connectivity index (χ1) is 9.24. The fraction of sp³-hybridized carbons (Fsp3) is 0.286. The topological polar surface area (TPSA) is 56.7 Å². The number of nitrogen functional groups attached to an aromatic ring is 1. The Balaban J connectivity index is 1.95. The van der Waals surface area contributed by atoms with Crippen LogP contribution in [0.1, 0.15) is 24.5 Å². The monoisotopic (exact) mass is 270 g/mol. The highest BCUT2D eigenvalue weighted by molar-refractivity contribution is 7.21. The quantitative estimate of drug-likeness (QED) is 0.778. The Morgan fingerprint density at radius 1 is 1.32 bits per heavy atom. The van der Waals surface area contributed by atoms with Gasteiger partial charge in [0.2, 0.25) is 0 Å². The zero-order valence-electron chi connectivity index (χ0n) is 10.6. The molecule has 1 saturated carbocycles. The van der Waals surface area contributed by atoms with E-state index in [0.717, 1.165) is 27.6 Å². The number of rotatable bonds is 2. The highest BCUT2D eigenvalue weighted by atomic mass is 32.1. The Morgan fingerprint density at radius 3 is 2.84 bits per heavy atom. The number of anilines is 1. The fourth-order valence-corrected chi connectivity index (χ4v) is 3.43. The average molecular weight is 270 g/mol. The van der Waals surface area contributed by atoms with E-state index in [1.807, 2.05) is 25.2 Å². The summed E-state index contributed by atoms with van der Waals surface area (Å²) < 4.78 is 2.97. The van der Waals surface area contributed by atoms with Crippen LogP contribution in [0.2, 0.25) is 0 Å². The van der Waals surface area contributed by atoms with Gasteiger partial charge in [-0.15, -0.1) is 11.3 Å². The van der Waals surface area contributed by atoms with Crippen molar-refractivity contribution in [2.45, 2.75) is 18.8 Å². The molecule has 2 aromatic heterocycles. The van der Waals surface area contributed by atoms with Gasteiger partial charge in [0, 0.05) is 13.0 Å². The van der Waals surface area contributed by atoms with Gasteiger partial charge in [0.25, 0.3) is 0 Å². The van der Waals surface area contributed by atoms with E-state index in [2.05, 4.69) is 11.2 Å². The van der Waals surface area contributed by atoms with Crippen molar-refractivity contribution in [2.75, 3.05) is 5.73 Å². The number of nitrogens with two attached hydrogens (primary N) is 1. The van der Waals surface area contributed by atoms with Gasteiger partial charge in [-0.05, 0) is 25.0 Å². The van der Waals surface area contributed by atoms with E-state index >= 15 is 0 Å². The molecule has 4 nitrogen and oxygen atoms in total. The predicted octanol–water partition coefficient (Wildman–Crippen LogP) is 3.16. The normalized spacial score (nSPS) is 15.2. The lowest BCUT2D eigenvalue weighted by molar-refractivity contribution is 0.753. The van der Waals surface area contributed by atoms with Gasteiger partial charge in [0.15, 0.2) is 0 Å². The fourth-order valence-electron chi connectivity index (χ4n) is 2.40. The molecule has 1 aliphatic rings. The molecule has 1 aliphatic carbocycles. The molecule has 0 bridgehead atoms. The molecular formula is C14H14N4S. The van der Waals surface area contributed by atoms with E-state index in [0.29, 0.717) is 5.92 Å². The van der Waals surface area contributed by atoms with Crippen LogP contribution in [0.25, 0.3) is 20.8 Å². The summed E-state index contributed by atoms with van der Waals surface area (Å²) in [4.78, 5) is 4.71. The van der Waals surface area contributed by atoms with Crippen molar-refractivity contribution in [2.24, 2.45) is 7.05 Å². The van der Waals surface area contributed by atoms with Crippen molar-refractivity contribution in [1.82, 2.24) is 14.8 Å². The first kappa shape index (κ1) is 11.0. The molecule has 1 fully saturated rings. The van der Waals surface area contributed by atoms with Gasteiger partial charge in [0.1, 0.15) is 10.8 Å². The van der Waals surface area contributed by atoms with Crippen molar-refractivity contribution in [3.63, 3.8) is 0 Å². The average Bonchev–Trinajstić information content (AvgIpc) is 3.10. The lowest BCUT2D eigenvalue weighted by Gasteiger charge is -1.97. The summed E-state index contributed by atoms with van der Waals surface area (Å²) in [6, 6.07) is 8.19. The minimum absolute atomic E-state index is 0.575. The molecule has 0 amide bonds. The van der Waals surface area contributed by atoms with E-state index < -0.39 is 0 Å². The second kappa shape index (κ2) is 3.81. The van der Waals surface area contributed by atoms with E-state index in [-0.39, 0.29) is 0 Å². The molecule has 1 aromatic carbocycles. The van der Waals surface area contributed by atoms with Crippen LogP contribution in [-0.4, -0.2) is 14.8 Å². The van der Waals surface area contributed by atoms with Crippen LogP contribution < -0.4 is 5.73 Å². The van der Waals surface area contributed by atoms with Gasteiger partial charge in [-0.2, -0.15) is 5.10 Å². The number of aromatic nitrogens is 3. The van der Waals surface area contributed by atoms with Crippen LogP contribution in [0, 0.1) is 0 Å². The largest absolute Gasteiger partial charge is 0.383 e. The van der Waals surface area contributed by atoms with Crippen LogP contribution in [-0.2, 0) is 7.05 Å². The lowest BCUT2D eigenvalue weighted by atomic mass is 10.2. The van der Waals surface area contributed by atoms with Gasteiger partial charge >= 0.3 is 0 Å². The van der Waals surface area contributed by atoms with Gasteiger partial charge in [0.05, 0.1) is 21.5 Å². The number of para-hydroxylation sites is 1. The van der Waals surface area contributed by atoms with Crippen molar-refractivity contribution in [3.05, 3.63) is 30.0 Å².